The van der Waals surface area contributed by atoms with Crippen LogP contribution in [-0.4, -0.2) is 20.9 Å². The maximum absolute atomic E-state index is 11.5. The highest BCUT2D eigenvalue weighted by molar-refractivity contribution is 6.02. The van der Waals surface area contributed by atoms with Crippen LogP contribution >= 0.6 is 0 Å². The van der Waals surface area contributed by atoms with E-state index in [0.717, 1.165) is 0 Å². The molecule has 6 heteroatoms. The van der Waals surface area contributed by atoms with E-state index in [-0.39, 0.29) is 5.91 Å². The van der Waals surface area contributed by atoms with E-state index >= 15 is 0 Å². The largest absolute Gasteiger partial charge is 0.397 e. The molecule has 2 rings (SSSR count). The van der Waals surface area contributed by atoms with E-state index in [1.807, 2.05) is 0 Å². The number of nitrogens with zero attached hydrogens (tertiary/aromatic N) is 1. The molecular formula is C8H9N5O. The van der Waals surface area contributed by atoms with E-state index in [1.165, 1.54) is 0 Å². The number of imidazole rings is 1. The van der Waals surface area contributed by atoms with Crippen molar-refractivity contribution in [2.24, 2.45) is 0 Å². The molecule has 0 fully saturated rings. The molecule has 72 valence electrons. The Kier molecular flexibility index (Phi) is 1.94. The van der Waals surface area contributed by atoms with Crippen molar-refractivity contribution in [2.45, 2.75) is 0 Å². The molecule has 0 saturated heterocycles. The number of nitrogen functional groups attached to an aromatic ring is 1. The van der Waals surface area contributed by atoms with Crippen LogP contribution in [0.25, 0.3) is 0 Å². The molecule has 2 aromatic heterocycles. The van der Waals surface area contributed by atoms with Crippen molar-refractivity contribution < 1.29 is 4.79 Å². The zero-order chi connectivity index (χ0) is 9.97. The van der Waals surface area contributed by atoms with Crippen LogP contribution in [0.15, 0.2) is 24.7 Å². The third-order valence-corrected chi connectivity index (χ3v) is 1.68. The van der Waals surface area contributed by atoms with Gasteiger partial charge in [-0.2, -0.15) is 0 Å². The van der Waals surface area contributed by atoms with E-state index < -0.39 is 0 Å². The molecule has 14 heavy (non-hydrogen) atoms. The fourth-order valence-electron chi connectivity index (χ4n) is 1.05. The second kappa shape index (κ2) is 3.25. The predicted molar refractivity (Wildman–Crippen MR) is 51.7 cm³/mol. The fraction of sp³-hybridized carbons (Fsp3) is 0. The summed E-state index contributed by atoms with van der Waals surface area (Å²) in [5.41, 5.74) is 6.38. The lowest BCUT2D eigenvalue weighted by Gasteiger charge is -1.97. The highest BCUT2D eigenvalue weighted by Crippen LogP contribution is 2.06. The second-order valence-electron chi connectivity index (χ2n) is 2.74. The van der Waals surface area contributed by atoms with E-state index in [4.69, 9.17) is 5.73 Å². The van der Waals surface area contributed by atoms with Crippen molar-refractivity contribution in [1.29, 1.82) is 0 Å². The molecule has 5 N–H and O–H groups in total. The number of aromatic amines is 2. The number of rotatable bonds is 2. The Morgan fingerprint density at radius 3 is 2.93 bits per heavy atom. The first kappa shape index (κ1) is 8.36. The summed E-state index contributed by atoms with van der Waals surface area (Å²) in [6.45, 7) is 0. The first-order chi connectivity index (χ1) is 6.75. The Morgan fingerprint density at radius 1 is 1.50 bits per heavy atom. The molecule has 0 radical (unpaired) electrons. The number of aromatic nitrogens is 3. The van der Waals surface area contributed by atoms with Crippen molar-refractivity contribution in [1.82, 2.24) is 15.0 Å². The Morgan fingerprint density at radius 2 is 2.36 bits per heavy atom. The SMILES string of the molecule is Nc1c[nH]c(C(=O)Nc2ncc[nH]2)c1. The highest BCUT2D eigenvalue weighted by Gasteiger charge is 2.08. The third-order valence-electron chi connectivity index (χ3n) is 1.68. The lowest BCUT2D eigenvalue weighted by atomic mass is 10.4. The monoisotopic (exact) mass is 191 g/mol. The summed E-state index contributed by atoms with van der Waals surface area (Å²) in [5.74, 6) is 0.125. The molecule has 0 atom stereocenters. The number of nitrogens with two attached hydrogens (primary N) is 1. The molecule has 1 amide bonds. The minimum absolute atomic E-state index is 0.281. The predicted octanol–water partition coefficient (Wildman–Crippen LogP) is 0.572. The number of nitrogens with one attached hydrogen (secondary N) is 3. The van der Waals surface area contributed by atoms with E-state index in [0.29, 0.717) is 17.3 Å². The smallest absolute Gasteiger partial charge is 0.274 e. The minimum Gasteiger partial charge on any atom is -0.397 e. The summed E-state index contributed by atoms with van der Waals surface area (Å²) in [6, 6.07) is 1.55. The number of carbonyl (C=O) groups excluding carboxylic acids is 1. The second-order valence-corrected chi connectivity index (χ2v) is 2.74. The summed E-state index contributed by atoms with van der Waals surface area (Å²) in [5, 5.41) is 2.56. The first-order valence-electron chi connectivity index (χ1n) is 4.00. The Hall–Kier alpha value is -2.24. The molecule has 0 aliphatic heterocycles. The van der Waals surface area contributed by atoms with Crippen LogP contribution < -0.4 is 11.1 Å². The zero-order valence-electron chi connectivity index (χ0n) is 7.24. The summed E-state index contributed by atoms with van der Waals surface area (Å²) >= 11 is 0. The average Bonchev–Trinajstić information content (AvgIpc) is 2.75. The van der Waals surface area contributed by atoms with Crippen LogP contribution in [0.3, 0.4) is 0 Å². The lowest BCUT2D eigenvalue weighted by molar-refractivity contribution is 0.102. The Bertz CT molecular complexity index is 430. The van der Waals surface area contributed by atoms with Gasteiger partial charge in [0.2, 0.25) is 5.95 Å². The lowest BCUT2D eigenvalue weighted by Crippen LogP contribution is -2.13. The zero-order valence-corrected chi connectivity index (χ0v) is 7.24. The standard InChI is InChI=1S/C8H9N5O/c9-5-3-6(12-4-5)7(14)13-8-10-1-2-11-8/h1-4,12H,9H2,(H2,10,11,13,14). The van der Waals surface area contributed by atoms with Gasteiger partial charge in [-0.25, -0.2) is 4.98 Å². The van der Waals surface area contributed by atoms with Crippen molar-refractivity contribution in [3.05, 3.63) is 30.4 Å². The summed E-state index contributed by atoms with van der Waals surface area (Å²) < 4.78 is 0. The quantitative estimate of drug-likeness (QED) is 0.558. The van der Waals surface area contributed by atoms with Crippen molar-refractivity contribution in [2.75, 3.05) is 11.1 Å². The molecule has 2 heterocycles. The van der Waals surface area contributed by atoms with E-state index in [9.17, 15) is 4.79 Å². The number of hydrogen-bond acceptors (Lipinski definition) is 3. The molecule has 0 bridgehead atoms. The van der Waals surface area contributed by atoms with Gasteiger partial charge in [-0.05, 0) is 6.07 Å². The third kappa shape index (κ3) is 1.58. The van der Waals surface area contributed by atoms with Gasteiger partial charge in [0, 0.05) is 24.3 Å². The fourth-order valence-corrected chi connectivity index (χ4v) is 1.05. The molecule has 0 aromatic carbocycles. The maximum Gasteiger partial charge on any atom is 0.274 e. The molecular weight excluding hydrogens is 182 g/mol. The van der Waals surface area contributed by atoms with Gasteiger partial charge in [0.15, 0.2) is 0 Å². The van der Waals surface area contributed by atoms with Gasteiger partial charge in [-0.1, -0.05) is 0 Å². The average molecular weight is 191 g/mol. The molecule has 0 aliphatic carbocycles. The topological polar surface area (TPSA) is 99.6 Å². The van der Waals surface area contributed by atoms with Gasteiger partial charge in [0.05, 0.1) is 0 Å². The van der Waals surface area contributed by atoms with E-state index in [2.05, 4.69) is 20.3 Å². The van der Waals surface area contributed by atoms with Crippen molar-refractivity contribution >= 4 is 17.5 Å². The Labute approximate surface area is 79.5 Å². The van der Waals surface area contributed by atoms with Gasteiger partial charge in [-0.3, -0.25) is 10.1 Å². The highest BCUT2D eigenvalue weighted by atomic mass is 16.2. The normalized spacial score (nSPS) is 10.0. The summed E-state index contributed by atoms with van der Waals surface area (Å²) in [4.78, 5) is 20.8. The van der Waals surface area contributed by atoms with Gasteiger partial charge in [-0.15, -0.1) is 0 Å². The van der Waals surface area contributed by atoms with Crippen molar-refractivity contribution in [3.8, 4) is 0 Å². The minimum atomic E-state index is -0.281. The molecule has 0 spiro atoms. The van der Waals surface area contributed by atoms with Gasteiger partial charge < -0.3 is 15.7 Å². The number of carbonyl (C=O) groups is 1. The van der Waals surface area contributed by atoms with Crippen LogP contribution in [0.4, 0.5) is 11.6 Å². The van der Waals surface area contributed by atoms with Crippen LogP contribution in [0.1, 0.15) is 10.5 Å². The molecule has 6 nitrogen and oxygen atoms in total. The number of H-pyrrole nitrogens is 2. The number of amides is 1. The van der Waals surface area contributed by atoms with Gasteiger partial charge in [0.25, 0.3) is 5.91 Å². The summed E-state index contributed by atoms with van der Waals surface area (Å²) in [7, 11) is 0. The molecule has 0 unspecified atom stereocenters. The van der Waals surface area contributed by atoms with Crippen LogP contribution in [-0.2, 0) is 0 Å². The van der Waals surface area contributed by atoms with E-state index in [1.54, 1.807) is 24.7 Å². The number of hydrogen-bond donors (Lipinski definition) is 4. The Balaban J connectivity index is 2.10. The van der Waals surface area contributed by atoms with Crippen LogP contribution in [0.2, 0.25) is 0 Å². The van der Waals surface area contributed by atoms with Gasteiger partial charge in [0.1, 0.15) is 5.69 Å². The first-order valence-corrected chi connectivity index (χ1v) is 4.00. The maximum atomic E-state index is 11.5. The van der Waals surface area contributed by atoms with Crippen LogP contribution in [0, 0.1) is 0 Å². The van der Waals surface area contributed by atoms with Crippen LogP contribution in [0.5, 0.6) is 0 Å². The molecule has 0 aliphatic rings. The summed E-state index contributed by atoms with van der Waals surface area (Å²) in [6.07, 6.45) is 4.73. The van der Waals surface area contributed by atoms with Crippen molar-refractivity contribution in [3.63, 3.8) is 0 Å². The number of anilines is 2. The molecule has 2 aromatic rings. The molecule has 0 saturated carbocycles. The van der Waals surface area contributed by atoms with Gasteiger partial charge >= 0.3 is 0 Å².